The van der Waals surface area contributed by atoms with Gasteiger partial charge in [0, 0.05) is 34.7 Å². The predicted octanol–water partition coefficient (Wildman–Crippen LogP) is 3.67. The minimum absolute atomic E-state index is 0.0192. The molecule has 2 aromatic carbocycles. The molecule has 1 aliphatic heterocycles. The summed E-state index contributed by atoms with van der Waals surface area (Å²) in [6.45, 7) is 4.93. The Hall–Kier alpha value is -2.67. The molecular formula is C23H26BrN3O3. The molecule has 0 aromatic heterocycles. The van der Waals surface area contributed by atoms with E-state index in [1.807, 2.05) is 44.2 Å². The number of nitrogens with zero attached hydrogens (tertiary/aromatic N) is 1. The second-order valence-corrected chi connectivity index (χ2v) is 8.50. The fourth-order valence-corrected chi connectivity index (χ4v) is 3.78. The minimum atomic E-state index is -0.250. The molecule has 3 rings (SSSR count). The van der Waals surface area contributed by atoms with Crippen LogP contribution >= 0.6 is 15.9 Å². The topological polar surface area (TPSA) is 78.5 Å². The summed E-state index contributed by atoms with van der Waals surface area (Å²) < 4.78 is 0.927. The number of hydrogen-bond donors (Lipinski definition) is 2. The van der Waals surface area contributed by atoms with Crippen molar-refractivity contribution < 1.29 is 14.4 Å². The van der Waals surface area contributed by atoms with E-state index in [1.54, 1.807) is 17.0 Å². The summed E-state index contributed by atoms with van der Waals surface area (Å²) in [7, 11) is 0. The summed E-state index contributed by atoms with van der Waals surface area (Å²) in [6, 6.07) is 13.0. The maximum absolute atomic E-state index is 12.6. The largest absolute Gasteiger partial charge is 0.347 e. The van der Waals surface area contributed by atoms with E-state index < -0.39 is 0 Å². The third kappa shape index (κ3) is 5.48. The van der Waals surface area contributed by atoms with E-state index in [4.69, 9.17) is 0 Å². The third-order valence-electron chi connectivity index (χ3n) is 5.55. The third-order valence-corrected chi connectivity index (χ3v) is 6.07. The van der Waals surface area contributed by atoms with Crippen molar-refractivity contribution in [2.24, 2.45) is 5.92 Å². The van der Waals surface area contributed by atoms with Crippen molar-refractivity contribution >= 4 is 39.3 Å². The molecule has 1 heterocycles. The molecule has 1 saturated heterocycles. The first-order chi connectivity index (χ1) is 14.3. The van der Waals surface area contributed by atoms with Crippen LogP contribution in [0.1, 0.15) is 34.3 Å². The van der Waals surface area contributed by atoms with Crippen molar-refractivity contribution in [1.82, 2.24) is 10.2 Å². The van der Waals surface area contributed by atoms with Crippen LogP contribution in [0, 0.1) is 19.8 Å². The number of halogens is 1. The second-order valence-electron chi connectivity index (χ2n) is 7.59. The molecule has 0 atom stereocenters. The zero-order chi connectivity index (χ0) is 21.7. The lowest BCUT2D eigenvalue weighted by Crippen LogP contribution is -2.44. The number of anilines is 1. The highest BCUT2D eigenvalue weighted by Crippen LogP contribution is 2.21. The lowest BCUT2D eigenvalue weighted by Gasteiger charge is -2.31. The summed E-state index contributed by atoms with van der Waals surface area (Å²) in [5.74, 6) is -0.594. The fourth-order valence-electron chi connectivity index (χ4n) is 3.51. The SMILES string of the molecule is Cc1cccc(NC(=O)CNC(=O)C2CCN(C(=O)c3ccc(Br)cc3)CC2)c1C. The molecule has 3 amide bonds. The Labute approximate surface area is 185 Å². The lowest BCUT2D eigenvalue weighted by atomic mass is 9.95. The van der Waals surface area contributed by atoms with Gasteiger partial charge in [-0.1, -0.05) is 28.1 Å². The molecule has 30 heavy (non-hydrogen) atoms. The molecule has 0 bridgehead atoms. The van der Waals surface area contributed by atoms with E-state index in [2.05, 4.69) is 26.6 Å². The van der Waals surface area contributed by atoms with Gasteiger partial charge >= 0.3 is 0 Å². The van der Waals surface area contributed by atoms with Gasteiger partial charge in [0.25, 0.3) is 5.91 Å². The van der Waals surface area contributed by atoms with E-state index in [-0.39, 0.29) is 30.2 Å². The molecule has 2 aromatic rings. The molecular weight excluding hydrogens is 446 g/mol. The van der Waals surface area contributed by atoms with Gasteiger partial charge in [-0.25, -0.2) is 0 Å². The first-order valence-corrected chi connectivity index (χ1v) is 10.8. The maximum Gasteiger partial charge on any atom is 0.253 e. The molecule has 1 fully saturated rings. The molecule has 1 aliphatic rings. The summed E-state index contributed by atoms with van der Waals surface area (Å²) in [6.07, 6.45) is 1.18. The highest BCUT2D eigenvalue weighted by Gasteiger charge is 2.28. The van der Waals surface area contributed by atoms with E-state index >= 15 is 0 Å². The van der Waals surface area contributed by atoms with Crippen LogP contribution in [0.15, 0.2) is 46.9 Å². The Morgan fingerprint density at radius 1 is 1.03 bits per heavy atom. The summed E-state index contributed by atoms with van der Waals surface area (Å²) in [5, 5.41) is 5.57. The summed E-state index contributed by atoms with van der Waals surface area (Å²) in [4.78, 5) is 39.0. The number of rotatable bonds is 5. The van der Waals surface area contributed by atoms with Gasteiger partial charge in [0.15, 0.2) is 0 Å². The molecule has 0 unspecified atom stereocenters. The number of aryl methyl sites for hydroxylation is 1. The Balaban J connectivity index is 1.45. The van der Waals surface area contributed by atoms with Crippen molar-refractivity contribution in [3.8, 4) is 0 Å². The molecule has 2 N–H and O–H groups in total. The van der Waals surface area contributed by atoms with E-state index in [1.165, 1.54) is 0 Å². The molecule has 0 spiro atoms. The molecule has 7 heteroatoms. The number of likely N-dealkylation sites (tertiary alicyclic amines) is 1. The van der Waals surface area contributed by atoms with Crippen LogP contribution in [-0.4, -0.2) is 42.3 Å². The number of piperidine rings is 1. The average molecular weight is 472 g/mol. The van der Waals surface area contributed by atoms with Crippen molar-refractivity contribution in [2.45, 2.75) is 26.7 Å². The van der Waals surface area contributed by atoms with E-state index in [9.17, 15) is 14.4 Å². The molecule has 6 nitrogen and oxygen atoms in total. The second kappa shape index (κ2) is 9.89. The van der Waals surface area contributed by atoms with Crippen molar-refractivity contribution in [1.29, 1.82) is 0 Å². The molecule has 0 radical (unpaired) electrons. The summed E-state index contributed by atoms with van der Waals surface area (Å²) in [5.41, 5.74) is 3.51. The van der Waals surface area contributed by atoms with Gasteiger partial charge in [0.05, 0.1) is 6.54 Å². The van der Waals surface area contributed by atoms with Crippen LogP contribution in [-0.2, 0) is 9.59 Å². The first kappa shape index (κ1) is 22.0. The Morgan fingerprint density at radius 3 is 2.37 bits per heavy atom. The van der Waals surface area contributed by atoms with Crippen molar-refractivity contribution in [3.63, 3.8) is 0 Å². The van der Waals surface area contributed by atoms with Gasteiger partial charge in [0.2, 0.25) is 11.8 Å². The van der Waals surface area contributed by atoms with Crippen LogP contribution in [0.5, 0.6) is 0 Å². The number of carbonyl (C=O) groups is 3. The van der Waals surface area contributed by atoms with Gasteiger partial charge in [0.1, 0.15) is 0 Å². The zero-order valence-corrected chi connectivity index (χ0v) is 18.8. The molecule has 158 valence electrons. The average Bonchev–Trinajstić information content (AvgIpc) is 2.75. The smallest absolute Gasteiger partial charge is 0.253 e. The molecule has 0 saturated carbocycles. The van der Waals surface area contributed by atoms with Crippen LogP contribution < -0.4 is 10.6 Å². The van der Waals surface area contributed by atoms with Gasteiger partial charge in [-0.15, -0.1) is 0 Å². The standard InChI is InChI=1S/C23H26BrN3O3/c1-15-4-3-5-20(16(15)2)26-21(28)14-25-22(29)17-10-12-27(13-11-17)23(30)18-6-8-19(24)9-7-18/h3-9,17H,10-14H2,1-2H3,(H,25,29)(H,26,28). The first-order valence-electron chi connectivity index (χ1n) is 10.0. The number of amides is 3. The Kier molecular flexibility index (Phi) is 7.26. The van der Waals surface area contributed by atoms with Crippen LogP contribution in [0.25, 0.3) is 0 Å². The normalized spacial score (nSPS) is 14.3. The zero-order valence-electron chi connectivity index (χ0n) is 17.2. The number of carbonyl (C=O) groups excluding carboxylic acids is 3. The molecule has 0 aliphatic carbocycles. The van der Waals surface area contributed by atoms with Crippen LogP contribution in [0.2, 0.25) is 0 Å². The highest BCUT2D eigenvalue weighted by atomic mass is 79.9. The van der Waals surface area contributed by atoms with Crippen LogP contribution in [0.3, 0.4) is 0 Å². The monoisotopic (exact) mass is 471 g/mol. The van der Waals surface area contributed by atoms with Gasteiger partial charge < -0.3 is 15.5 Å². The van der Waals surface area contributed by atoms with E-state index in [0.29, 0.717) is 31.5 Å². The van der Waals surface area contributed by atoms with Crippen molar-refractivity contribution in [3.05, 3.63) is 63.6 Å². The number of hydrogen-bond acceptors (Lipinski definition) is 3. The highest BCUT2D eigenvalue weighted by molar-refractivity contribution is 9.10. The number of nitrogens with one attached hydrogen (secondary N) is 2. The van der Waals surface area contributed by atoms with Crippen molar-refractivity contribution in [2.75, 3.05) is 25.0 Å². The Morgan fingerprint density at radius 2 is 1.70 bits per heavy atom. The van der Waals surface area contributed by atoms with Crippen LogP contribution in [0.4, 0.5) is 5.69 Å². The predicted molar refractivity (Wildman–Crippen MR) is 120 cm³/mol. The number of benzene rings is 2. The maximum atomic E-state index is 12.6. The summed E-state index contributed by atoms with van der Waals surface area (Å²) >= 11 is 3.37. The van der Waals surface area contributed by atoms with Gasteiger partial charge in [-0.2, -0.15) is 0 Å². The van der Waals surface area contributed by atoms with E-state index in [0.717, 1.165) is 21.3 Å². The van der Waals surface area contributed by atoms with Gasteiger partial charge in [-0.3, -0.25) is 14.4 Å². The van der Waals surface area contributed by atoms with Gasteiger partial charge in [-0.05, 0) is 68.1 Å². The Bertz CT molecular complexity index is 935. The fraction of sp³-hybridized carbons (Fsp3) is 0.348. The minimum Gasteiger partial charge on any atom is -0.347 e. The lowest BCUT2D eigenvalue weighted by molar-refractivity contribution is -0.128. The quantitative estimate of drug-likeness (QED) is 0.697.